The Kier molecular flexibility index (Phi) is 3.58. The lowest BCUT2D eigenvalue weighted by Gasteiger charge is -2.53. The third-order valence-corrected chi connectivity index (χ3v) is 7.91. The summed E-state index contributed by atoms with van der Waals surface area (Å²) < 4.78 is 0. The fourth-order valence-electron chi connectivity index (χ4n) is 6.41. The van der Waals surface area contributed by atoms with Crippen molar-refractivity contribution in [2.24, 2.45) is 17.3 Å². The fourth-order valence-corrected chi connectivity index (χ4v) is 6.41. The number of aliphatic hydroxyl groups is 1. The first-order valence-electron chi connectivity index (χ1n) is 9.47. The first kappa shape index (κ1) is 16.1. The van der Waals surface area contributed by atoms with Gasteiger partial charge < -0.3 is 10.2 Å². The van der Waals surface area contributed by atoms with Crippen molar-refractivity contribution in [2.75, 3.05) is 0 Å². The number of hydrogen-bond donors (Lipinski definition) is 2. The van der Waals surface area contributed by atoms with Crippen molar-refractivity contribution in [1.29, 1.82) is 0 Å². The molecule has 0 bridgehead atoms. The van der Waals surface area contributed by atoms with E-state index in [1.165, 1.54) is 11.1 Å². The van der Waals surface area contributed by atoms with E-state index in [9.17, 15) is 15.0 Å². The SMILES string of the molecule is CC[C@]1(O)CC[C@H]2[C@@H]3CCc4cc(O)c(C=O)cc4[C@H]3CC[C@@]21C. The molecule has 5 atom stereocenters. The molecule has 0 spiro atoms. The molecule has 0 aliphatic heterocycles. The first-order valence-corrected chi connectivity index (χ1v) is 9.47. The minimum atomic E-state index is -0.508. The van der Waals surface area contributed by atoms with E-state index in [0.29, 0.717) is 23.3 Å². The molecule has 4 rings (SSSR count). The van der Waals surface area contributed by atoms with Crippen LogP contribution >= 0.6 is 0 Å². The summed E-state index contributed by atoms with van der Waals surface area (Å²) in [6.45, 7) is 4.43. The molecular weight excluding hydrogens is 300 g/mol. The topological polar surface area (TPSA) is 57.5 Å². The molecule has 3 aliphatic rings. The van der Waals surface area contributed by atoms with Crippen LogP contribution < -0.4 is 0 Å². The van der Waals surface area contributed by atoms with Gasteiger partial charge in [0.1, 0.15) is 5.75 Å². The van der Waals surface area contributed by atoms with Crippen LogP contribution in [0, 0.1) is 17.3 Å². The van der Waals surface area contributed by atoms with Gasteiger partial charge in [-0.2, -0.15) is 0 Å². The number of hydrogen-bond acceptors (Lipinski definition) is 3. The molecule has 0 radical (unpaired) electrons. The van der Waals surface area contributed by atoms with Gasteiger partial charge >= 0.3 is 0 Å². The van der Waals surface area contributed by atoms with Crippen molar-refractivity contribution >= 4 is 6.29 Å². The van der Waals surface area contributed by atoms with Crippen molar-refractivity contribution in [3.05, 3.63) is 28.8 Å². The molecule has 3 nitrogen and oxygen atoms in total. The Hall–Kier alpha value is -1.35. The predicted octanol–water partition coefficient (Wildman–Crippen LogP) is 4.20. The molecule has 1 aromatic carbocycles. The quantitative estimate of drug-likeness (QED) is 0.800. The Morgan fingerprint density at radius 1 is 1.25 bits per heavy atom. The van der Waals surface area contributed by atoms with E-state index in [1.54, 1.807) is 6.07 Å². The lowest BCUT2D eigenvalue weighted by molar-refractivity contribution is -0.104. The van der Waals surface area contributed by atoms with Crippen LogP contribution in [-0.4, -0.2) is 22.1 Å². The summed E-state index contributed by atoms with van der Waals surface area (Å²) in [6, 6.07) is 3.73. The number of aromatic hydroxyl groups is 1. The Morgan fingerprint density at radius 2 is 2.04 bits per heavy atom. The van der Waals surface area contributed by atoms with Crippen LogP contribution in [0.1, 0.15) is 79.8 Å². The number of fused-ring (bicyclic) bond motifs is 5. The molecule has 2 N–H and O–H groups in total. The molecule has 24 heavy (non-hydrogen) atoms. The Bertz CT molecular complexity index is 682. The summed E-state index contributed by atoms with van der Waals surface area (Å²) in [5, 5.41) is 21.2. The van der Waals surface area contributed by atoms with Gasteiger partial charge in [0.2, 0.25) is 0 Å². The van der Waals surface area contributed by atoms with E-state index in [4.69, 9.17) is 0 Å². The van der Waals surface area contributed by atoms with Crippen molar-refractivity contribution in [3.8, 4) is 5.75 Å². The molecule has 1 aromatic rings. The fraction of sp³-hybridized carbons (Fsp3) is 0.667. The minimum absolute atomic E-state index is 0.0326. The van der Waals surface area contributed by atoms with Gasteiger partial charge in [-0.3, -0.25) is 4.79 Å². The highest BCUT2D eigenvalue weighted by Crippen LogP contribution is 2.65. The van der Waals surface area contributed by atoms with Crippen LogP contribution in [0.5, 0.6) is 5.75 Å². The average Bonchev–Trinajstić information content (AvgIpc) is 2.86. The number of aldehydes is 1. The monoisotopic (exact) mass is 328 g/mol. The second kappa shape index (κ2) is 5.32. The molecule has 2 fully saturated rings. The largest absolute Gasteiger partial charge is 0.507 e. The van der Waals surface area contributed by atoms with E-state index in [2.05, 4.69) is 13.8 Å². The Morgan fingerprint density at radius 3 is 2.75 bits per heavy atom. The second-order valence-corrected chi connectivity index (χ2v) is 8.52. The van der Waals surface area contributed by atoms with Crippen molar-refractivity contribution in [3.63, 3.8) is 0 Å². The van der Waals surface area contributed by atoms with Crippen molar-refractivity contribution in [2.45, 2.75) is 70.3 Å². The highest BCUT2D eigenvalue weighted by Gasteiger charge is 2.60. The van der Waals surface area contributed by atoms with Gasteiger partial charge in [0.15, 0.2) is 6.29 Å². The lowest BCUT2D eigenvalue weighted by atomic mass is 9.53. The third kappa shape index (κ3) is 1.97. The molecule has 130 valence electrons. The van der Waals surface area contributed by atoms with Gasteiger partial charge in [0.05, 0.1) is 11.2 Å². The zero-order valence-electron chi connectivity index (χ0n) is 14.7. The number of phenols is 1. The summed E-state index contributed by atoms with van der Waals surface area (Å²) in [4.78, 5) is 11.2. The van der Waals surface area contributed by atoms with Crippen LogP contribution in [0.3, 0.4) is 0 Å². The van der Waals surface area contributed by atoms with Gasteiger partial charge in [0, 0.05) is 0 Å². The lowest BCUT2D eigenvalue weighted by Crippen LogP contribution is -2.50. The van der Waals surface area contributed by atoms with Crippen LogP contribution in [0.2, 0.25) is 0 Å². The zero-order valence-corrected chi connectivity index (χ0v) is 14.7. The van der Waals surface area contributed by atoms with E-state index in [0.717, 1.165) is 51.2 Å². The van der Waals surface area contributed by atoms with Crippen LogP contribution in [0.15, 0.2) is 12.1 Å². The first-order chi connectivity index (χ1) is 11.4. The van der Waals surface area contributed by atoms with E-state index in [-0.39, 0.29) is 11.2 Å². The molecule has 0 unspecified atom stereocenters. The number of carbonyl (C=O) groups is 1. The molecule has 0 aromatic heterocycles. The molecule has 3 heteroatoms. The number of benzene rings is 1. The maximum absolute atomic E-state index is 11.2. The minimum Gasteiger partial charge on any atom is -0.507 e. The zero-order chi connectivity index (χ0) is 17.1. The summed E-state index contributed by atoms with van der Waals surface area (Å²) in [5.41, 5.74) is 2.43. The van der Waals surface area contributed by atoms with Crippen molar-refractivity contribution in [1.82, 2.24) is 0 Å². The number of carbonyl (C=O) groups excluding carboxylic acids is 1. The third-order valence-electron chi connectivity index (χ3n) is 7.91. The maximum Gasteiger partial charge on any atom is 0.153 e. The molecule has 0 amide bonds. The number of rotatable bonds is 2. The Balaban J connectivity index is 1.73. The second-order valence-electron chi connectivity index (χ2n) is 8.52. The smallest absolute Gasteiger partial charge is 0.153 e. The summed E-state index contributed by atoms with van der Waals surface area (Å²) >= 11 is 0. The maximum atomic E-state index is 11.2. The van der Waals surface area contributed by atoms with E-state index < -0.39 is 5.60 Å². The van der Waals surface area contributed by atoms with Gasteiger partial charge in [-0.05, 0) is 91.4 Å². The van der Waals surface area contributed by atoms with E-state index >= 15 is 0 Å². The normalized spacial score (nSPS) is 40.5. The highest BCUT2D eigenvalue weighted by atomic mass is 16.3. The van der Waals surface area contributed by atoms with Gasteiger partial charge in [-0.1, -0.05) is 13.8 Å². The summed E-state index contributed by atoms with van der Waals surface area (Å²) in [7, 11) is 0. The van der Waals surface area contributed by atoms with E-state index in [1.807, 2.05) is 6.07 Å². The highest BCUT2D eigenvalue weighted by molar-refractivity contribution is 5.80. The van der Waals surface area contributed by atoms with Gasteiger partial charge in [-0.15, -0.1) is 0 Å². The Labute approximate surface area is 144 Å². The molecule has 3 aliphatic carbocycles. The van der Waals surface area contributed by atoms with Crippen LogP contribution in [-0.2, 0) is 6.42 Å². The summed E-state index contributed by atoms with van der Waals surface area (Å²) in [5.74, 6) is 1.76. The standard InChI is InChI=1S/C21H28O3/c1-3-21(24)9-7-18-16-5-4-13-11-19(23)14(12-22)10-17(13)15(16)6-8-20(18,21)2/h10-12,15-16,18,23-24H,3-9H2,1-2H3/t15-,16+,18-,20-,21-/m0/s1. The number of aryl methyl sites for hydroxylation is 1. The number of phenolic OH excluding ortho intramolecular Hbond substituents is 1. The van der Waals surface area contributed by atoms with Crippen LogP contribution in [0.4, 0.5) is 0 Å². The van der Waals surface area contributed by atoms with Gasteiger partial charge in [-0.25, -0.2) is 0 Å². The predicted molar refractivity (Wildman–Crippen MR) is 93.4 cm³/mol. The molecule has 0 heterocycles. The molecule has 2 saturated carbocycles. The average molecular weight is 328 g/mol. The molecule has 0 saturated heterocycles. The van der Waals surface area contributed by atoms with Gasteiger partial charge in [0.25, 0.3) is 0 Å². The van der Waals surface area contributed by atoms with Crippen molar-refractivity contribution < 1.29 is 15.0 Å². The summed E-state index contributed by atoms with van der Waals surface area (Å²) in [6.07, 6.45) is 7.90. The van der Waals surface area contributed by atoms with Crippen LogP contribution in [0.25, 0.3) is 0 Å². The molecular formula is C21H28O3.